The number of pyridine rings is 1. The second kappa shape index (κ2) is 11.5. The summed E-state index contributed by atoms with van der Waals surface area (Å²) in [6.07, 6.45) is 14.8. The van der Waals surface area contributed by atoms with Gasteiger partial charge in [0.1, 0.15) is 18.6 Å². The first-order valence-electron chi connectivity index (χ1n) is 9.98. The number of terminal acetylenes is 1. The van der Waals surface area contributed by atoms with Crippen molar-refractivity contribution in [1.82, 2.24) is 45.1 Å². The van der Waals surface area contributed by atoms with E-state index in [2.05, 4.69) is 48.6 Å². The number of aryl methyl sites for hydroxylation is 1. The molecule has 0 N–H and O–H groups in total. The fraction of sp³-hybridized carbons (Fsp3) is 0.227. The summed E-state index contributed by atoms with van der Waals surface area (Å²) in [5.41, 5.74) is 2.82. The Hall–Kier alpha value is -4.30. The van der Waals surface area contributed by atoms with Gasteiger partial charge in [-0.3, -0.25) is 4.68 Å². The summed E-state index contributed by atoms with van der Waals surface area (Å²) in [4.78, 5) is 9.09. The third kappa shape index (κ3) is 6.14. The molecular formula is C22H22ClN9O2. The minimum Gasteiger partial charge on any atom is -0.492 e. The molecular weight excluding hydrogens is 458 g/mol. The van der Waals surface area contributed by atoms with Crippen molar-refractivity contribution < 1.29 is 9.26 Å². The smallest absolute Gasteiger partial charge is 0.261 e. The van der Waals surface area contributed by atoms with Crippen LogP contribution in [0.25, 0.3) is 23.0 Å². The van der Waals surface area contributed by atoms with Gasteiger partial charge in [-0.1, -0.05) is 22.8 Å². The van der Waals surface area contributed by atoms with Crippen LogP contribution in [0.15, 0.2) is 58.2 Å². The number of hydrogen-bond donors (Lipinski definition) is 0. The summed E-state index contributed by atoms with van der Waals surface area (Å²) >= 11 is 5.85. The van der Waals surface area contributed by atoms with E-state index in [1.165, 1.54) is 6.33 Å². The van der Waals surface area contributed by atoms with Gasteiger partial charge >= 0.3 is 0 Å². The average Bonchev–Trinajstić information content (AvgIpc) is 3.59. The first kappa shape index (κ1) is 24.3. The molecule has 0 fully saturated rings. The lowest BCUT2D eigenvalue weighted by Gasteiger charge is -2.07. The predicted octanol–water partition coefficient (Wildman–Crippen LogP) is 3.38. The summed E-state index contributed by atoms with van der Waals surface area (Å²) in [5.74, 6) is 1.41. The fourth-order valence-electron chi connectivity index (χ4n) is 2.82. The largest absolute Gasteiger partial charge is 0.492 e. The van der Waals surface area contributed by atoms with Crippen LogP contribution in [0.2, 0.25) is 0 Å². The van der Waals surface area contributed by atoms with Gasteiger partial charge in [-0.2, -0.15) is 10.1 Å². The summed E-state index contributed by atoms with van der Waals surface area (Å²) < 4.78 is 14.6. The normalized spacial score (nSPS) is 11.7. The van der Waals surface area contributed by atoms with Gasteiger partial charge < -0.3 is 9.26 Å². The van der Waals surface area contributed by atoms with Crippen molar-refractivity contribution >= 4 is 11.6 Å². The molecule has 4 rings (SSSR count). The lowest BCUT2D eigenvalue weighted by molar-refractivity contribution is 0.193. The first-order chi connectivity index (χ1) is 16.5. The highest BCUT2D eigenvalue weighted by Gasteiger charge is 2.19. The average molecular weight is 480 g/mol. The van der Waals surface area contributed by atoms with Gasteiger partial charge in [0.2, 0.25) is 5.82 Å². The molecule has 0 saturated heterocycles. The molecule has 4 aromatic rings. The molecule has 174 valence electrons. The van der Waals surface area contributed by atoms with Crippen molar-refractivity contribution in [2.24, 2.45) is 7.05 Å². The van der Waals surface area contributed by atoms with Crippen LogP contribution in [0.5, 0.6) is 0 Å². The molecule has 4 aromatic heterocycles. The molecule has 34 heavy (non-hydrogen) atoms. The SMILES string of the molecule is C#C.C/C(Cl)=C\C=C(/C)OCc1c(-c2nc(-c3cccc(Cn4cnnn4)n3)no2)cnn1C. The number of halogens is 1. The Labute approximate surface area is 201 Å². The van der Waals surface area contributed by atoms with Crippen LogP contribution in [-0.4, -0.2) is 45.1 Å². The molecule has 0 aliphatic rings. The highest BCUT2D eigenvalue weighted by Crippen LogP contribution is 2.25. The van der Waals surface area contributed by atoms with Gasteiger partial charge in [0.05, 0.1) is 35.5 Å². The van der Waals surface area contributed by atoms with Crippen molar-refractivity contribution in [3.63, 3.8) is 0 Å². The number of nitrogens with zero attached hydrogens (tertiary/aromatic N) is 9. The summed E-state index contributed by atoms with van der Waals surface area (Å²) in [6, 6.07) is 5.55. The molecule has 0 spiro atoms. The van der Waals surface area contributed by atoms with Crippen molar-refractivity contribution in [1.29, 1.82) is 0 Å². The van der Waals surface area contributed by atoms with Crippen LogP contribution in [0, 0.1) is 12.8 Å². The minimum atomic E-state index is 0.279. The molecule has 0 aliphatic carbocycles. The molecule has 0 atom stereocenters. The Kier molecular flexibility index (Phi) is 8.26. The van der Waals surface area contributed by atoms with Gasteiger partial charge in [0.15, 0.2) is 0 Å². The molecule has 12 heteroatoms. The highest BCUT2D eigenvalue weighted by atomic mass is 35.5. The number of aromatic nitrogens is 9. The Morgan fingerprint density at radius 3 is 2.76 bits per heavy atom. The molecule has 0 bridgehead atoms. The third-order valence-electron chi connectivity index (χ3n) is 4.45. The molecule has 11 nitrogen and oxygen atoms in total. The van der Waals surface area contributed by atoms with E-state index in [0.29, 0.717) is 40.3 Å². The number of ether oxygens (including phenoxy) is 1. The van der Waals surface area contributed by atoms with E-state index in [4.69, 9.17) is 20.9 Å². The predicted molar refractivity (Wildman–Crippen MR) is 125 cm³/mol. The monoisotopic (exact) mass is 479 g/mol. The maximum atomic E-state index is 5.85. The molecule has 0 aromatic carbocycles. The van der Waals surface area contributed by atoms with Crippen molar-refractivity contribution in [2.75, 3.05) is 0 Å². The van der Waals surface area contributed by atoms with E-state index in [1.54, 1.807) is 34.6 Å². The first-order valence-corrected chi connectivity index (χ1v) is 10.4. The third-order valence-corrected chi connectivity index (χ3v) is 4.58. The van der Waals surface area contributed by atoms with Crippen LogP contribution in [-0.2, 0) is 24.9 Å². The zero-order chi connectivity index (χ0) is 24.5. The quantitative estimate of drug-likeness (QED) is 0.212. The Morgan fingerprint density at radius 1 is 1.21 bits per heavy atom. The number of allylic oxidation sites excluding steroid dienone is 4. The number of rotatable bonds is 8. The fourth-order valence-corrected chi connectivity index (χ4v) is 2.89. The second-order valence-corrected chi connectivity index (χ2v) is 7.49. The van der Waals surface area contributed by atoms with E-state index in [0.717, 1.165) is 11.4 Å². The summed E-state index contributed by atoms with van der Waals surface area (Å²) in [6.45, 7) is 4.36. The van der Waals surface area contributed by atoms with Gasteiger partial charge in [0, 0.05) is 12.1 Å². The number of tetrazole rings is 1. The lowest BCUT2D eigenvalue weighted by Crippen LogP contribution is -2.03. The zero-order valence-corrected chi connectivity index (χ0v) is 19.6. The van der Waals surface area contributed by atoms with Crippen molar-refractivity contribution in [2.45, 2.75) is 27.0 Å². The topological polar surface area (TPSA) is 122 Å². The molecule has 0 saturated carbocycles. The van der Waals surface area contributed by atoms with E-state index in [9.17, 15) is 0 Å². The van der Waals surface area contributed by atoms with Gasteiger partial charge in [-0.15, -0.1) is 17.9 Å². The van der Waals surface area contributed by atoms with Crippen LogP contribution in [0.1, 0.15) is 25.2 Å². The Bertz CT molecular complexity index is 1300. The summed E-state index contributed by atoms with van der Waals surface area (Å²) in [7, 11) is 1.82. The Balaban J connectivity index is 0.00000158. The van der Waals surface area contributed by atoms with Gasteiger partial charge in [-0.05, 0) is 48.6 Å². The second-order valence-electron chi connectivity index (χ2n) is 6.89. The van der Waals surface area contributed by atoms with E-state index in [-0.39, 0.29) is 6.61 Å². The van der Waals surface area contributed by atoms with Crippen molar-refractivity contribution in [3.05, 3.63) is 65.1 Å². The maximum absolute atomic E-state index is 5.85. The molecule has 0 aliphatic heterocycles. The van der Waals surface area contributed by atoms with E-state index >= 15 is 0 Å². The minimum absolute atomic E-state index is 0.279. The van der Waals surface area contributed by atoms with E-state index < -0.39 is 0 Å². The van der Waals surface area contributed by atoms with Crippen LogP contribution < -0.4 is 0 Å². The molecule has 0 amide bonds. The van der Waals surface area contributed by atoms with Crippen LogP contribution in [0.3, 0.4) is 0 Å². The Morgan fingerprint density at radius 2 is 2.03 bits per heavy atom. The molecule has 0 unspecified atom stereocenters. The summed E-state index contributed by atoms with van der Waals surface area (Å²) in [5, 5.41) is 20.2. The zero-order valence-electron chi connectivity index (χ0n) is 18.8. The maximum Gasteiger partial charge on any atom is 0.261 e. The number of hydrogen-bond acceptors (Lipinski definition) is 9. The van der Waals surface area contributed by atoms with Crippen LogP contribution >= 0.6 is 11.6 Å². The standard InChI is InChI=1S/C20H20ClN9O2.C2H2/c1-13(21)7-8-14(2)31-11-18-16(9-23-29(18)3)20-25-19(26-32-20)17-6-4-5-15(24-17)10-30-12-22-27-28-30;1-2/h4-9,12H,10-11H2,1-3H3;1-2H/b13-7+,14-8+;. The highest BCUT2D eigenvalue weighted by molar-refractivity contribution is 6.29. The van der Waals surface area contributed by atoms with Gasteiger partial charge in [0.25, 0.3) is 5.89 Å². The van der Waals surface area contributed by atoms with Gasteiger partial charge in [-0.25, -0.2) is 9.67 Å². The molecule has 0 radical (unpaired) electrons. The molecule has 4 heterocycles. The lowest BCUT2D eigenvalue weighted by atomic mass is 10.2. The van der Waals surface area contributed by atoms with Crippen molar-refractivity contribution in [3.8, 4) is 35.8 Å². The van der Waals surface area contributed by atoms with E-state index in [1.807, 2.05) is 32.2 Å². The van der Waals surface area contributed by atoms with Crippen LogP contribution in [0.4, 0.5) is 0 Å².